The van der Waals surface area contributed by atoms with Gasteiger partial charge in [0.2, 0.25) is 0 Å². The standard InChI is InChI=1S/C23H27N3O/c1-16-10-13-20(14-17(16)2)21-15-22(26(4)25-21)23(27)24-18(3)11-12-19-8-6-5-7-9-19/h5-10,13-15,18H,11-12H2,1-4H3,(H,24,27). The number of aryl methyl sites for hydroxylation is 4. The Bertz CT molecular complexity index is 928. The van der Waals surface area contributed by atoms with Crippen molar-refractivity contribution in [1.29, 1.82) is 0 Å². The van der Waals surface area contributed by atoms with Crippen LogP contribution < -0.4 is 5.32 Å². The summed E-state index contributed by atoms with van der Waals surface area (Å²) in [6.45, 7) is 6.22. The first-order valence-corrected chi connectivity index (χ1v) is 9.40. The predicted octanol–water partition coefficient (Wildman–Crippen LogP) is 4.46. The number of rotatable bonds is 6. The SMILES string of the molecule is Cc1ccc(-c2cc(C(=O)NC(C)CCc3ccccc3)n(C)n2)cc1C. The first-order valence-electron chi connectivity index (χ1n) is 9.40. The number of aromatic nitrogens is 2. The number of nitrogens with one attached hydrogen (secondary N) is 1. The minimum Gasteiger partial charge on any atom is -0.348 e. The van der Waals surface area contributed by atoms with E-state index < -0.39 is 0 Å². The van der Waals surface area contributed by atoms with Crippen molar-refractivity contribution in [3.63, 3.8) is 0 Å². The largest absolute Gasteiger partial charge is 0.348 e. The highest BCUT2D eigenvalue weighted by atomic mass is 16.2. The summed E-state index contributed by atoms with van der Waals surface area (Å²) in [6, 6.07) is 18.6. The average Bonchev–Trinajstić information content (AvgIpc) is 3.05. The molecule has 1 unspecified atom stereocenters. The molecule has 1 heterocycles. The second kappa shape index (κ2) is 8.21. The molecule has 3 aromatic rings. The van der Waals surface area contributed by atoms with E-state index in [2.05, 4.69) is 54.6 Å². The molecule has 1 amide bonds. The van der Waals surface area contributed by atoms with E-state index in [1.807, 2.05) is 38.2 Å². The van der Waals surface area contributed by atoms with Gasteiger partial charge in [0.1, 0.15) is 5.69 Å². The Morgan fingerprint density at radius 2 is 1.81 bits per heavy atom. The quantitative estimate of drug-likeness (QED) is 0.705. The number of hydrogen-bond donors (Lipinski definition) is 1. The van der Waals surface area contributed by atoms with Gasteiger partial charge in [-0.3, -0.25) is 9.48 Å². The van der Waals surface area contributed by atoms with Crippen molar-refractivity contribution >= 4 is 5.91 Å². The van der Waals surface area contributed by atoms with Crippen molar-refractivity contribution < 1.29 is 4.79 Å². The molecule has 0 aliphatic rings. The van der Waals surface area contributed by atoms with E-state index in [-0.39, 0.29) is 11.9 Å². The lowest BCUT2D eigenvalue weighted by Crippen LogP contribution is -2.34. The van der Waals surface area contributed by atoms with Gasteiger partial charge in [0, 0.05) is 18.7 Å². The topological polar surface area (TPSA) is 46.9 Å². The van der Waals surface area contributed by atoms with Crippen LogP contribution in [-0.4, -0.2) is 21.7 Å². The molecule has 0 spiro atoms. The zero-order valence-corrected chi connectivity index (χ0v) is 16.5. The number of carbonyl (C=O) groups excluding carboxylic acids is 1. The molecule has 1 N–H and O–H groups in total. The highest BCUT2D eigenvalue weighted by Crippen LogP contribution is 2.22. The maximum absolute atomic E-state index is 12.7. The maximum Gasteiger partial charge on any atom is 0.269 e. The van der Waals surface area contributed by atoms with Crippen molar-refractivity contribution in [2.45, 2.75) is 39.7 Å². The van der Waals surface area contributed by atoms with Gasteiger partial charge in [-0.1, -0.05) is 42.5 Å². The summed E-state index contributed by atoms with van der Waals surface area (Å²) in [6.07, 6.45) is 1.85. The van der Waals surface area contributed by atoms with Gasteiger partial charge in [-0.2, -0.15) is 5.10 Å². The summed E-state index contributed by atoms with van der Waals surface area (Å²) in [7, 11) is 1.81. The Balaban J connectivity index is 1.66. The summed E-state index contributed by atoms with van der Waals surface area (Å²) < 4.78 is 1.66. The van der Waals surface area contributed by atoms with Crippen LogP contribution in [0.15, 0.2) is 54.6 Å². The fraction of sp³-hybridized carbons (Fsp3) is 0.304. The van der Waals surface area contributed by atoms with Crippen LogP contribution in [0.4, 0.5) is 0 Å². The molecule has 0 fully saturated rings. The van der Waals surface area contributed by atoms with Crippen LogP contribution in [0.3, 0.4) is 0 Å². The third-order valence-electron chi connectivity index (χ3n) is 5.00. The van der Waals surface area contributed by atoms with Crippen LogP contribution in [0.5, 0.6) is 0 Å². The monoisotopic (exact) mass is 361 g/mol. The minimum absolute atomic E-state index is 0.0827. The lowest BCUT2D eigenvalue weighted by atomic mass is 10.0. The van der Waals surface area contributed by atoms with E-state index in [1.54, 1.807) is 4.68 Å². The Hall–Kier alpha value is -2.88. The summed E-state index contributed by atoms with van der Waals surface area (Å²) in [5, 5.41) is 7.62. The molecule has 1 atom stereocenters. The van der Waals surface area contributed by atoms with Gasteiger partial charge in [0.15, 0.2) is 0 Å². The van der Waals surface area contributed by atoms with Gasteiger partial charge in [-0.15, -0.1) is 0 Å². The Labute approximate surface area is 161 Å². The Kier molecular flexibility index (Phi) is 5.75. The molecule has 0 saturated carbocycles. The van der Waals surface area contributed by atoms with Crippen LogP contribution in [0.1, 0.15) is 40.5 Å². The molecule has 0 radical (unpaired) electrons. The number of nitrogens with zero attached hydrogens (tertiary/aromatic N) is 2. The van der Waals surface area contributed by atoms with Crippen molar-refractivity contribution in [3.8, 4) is 11.3 Å². The van der Waals surface area contributed by atoms with Gasteiger partial charge in [-0.25, -0.2) is 0 Å². The molecule has 4 heteroatoms. The molecule has 0 aliphatic carbocycles. The third-order valence-corrected chi connectivity index (χ3v) is 5.00. The molecule has 140 valence electrons. The second-order valence-electron chi connectivity index (χ2n) is 7.24. The van der Waals surface area contributed by atoms with Gasteiger partial charge >= 0.3 is 0 Å². The smallest absolute Gasteiger partial charge is 0.269 e. The maximum atomic E-state index is 12.7. The van der Waals surface area contributed by atoms with E-state index in [9.17, 15) is 4.79 Å². The van der Waals surface area contributed by atoms with Gasteiger partial charge in [-0.05, 0) is 62.4 Å². The van der Waals surface area contributed by atoms with Gasteiger partial charge in [0.25, 0.3) is 5.91 Å². The molecule has 3 rings (SSSR count). The Morgan fingerprint density at radius 3 is 2.52 bits per heavy atom. The molecule has 0 aliphatic heterocycles. The number of amides is 1. The number of benzene rings is 2. The van der Waals surface area contributed by atoms with E-state index in [1.165, 1.54) is 16.7 Å². The summed E-state index contributed by atoms with van der Waals surface area (Å²) >= 11 is 0. The molecule has 1 aromatic heterocycles. The molecular weight excluding hydrogens is 334 g/mol. The van der Waals surface area contributed by atoms with Crippen LogP contribution in [-0.2, 0) is 13.5 Å². The van der Waals surface area contributed by atoms with E-state index in [0.29, 0.717) is 5.69 Å². The van der Waals surface area contributed by atoms with Gasteiger partial charge in [0.05, 0.1) is 5.69 Å². The van der Waals surface area contributed by atoms with E-state index in [0.717, 1.165) is 24.1 Å². The van der Waals surface area contributed by atoms with Crippen LogP contribution in [0, 0.1) is 13.8 Å². The number of hydrogen-bond acceptors (Lipinski definition) is 2. The lowest BCUT2D eigenvalue weighted by Gasteiger charge is -2.13. The average molecular weight is 361 g/mol. The zero-order valence-electron chi connectivity index (χ0n) is 16.5. The highest BCUT2D eigenvalue weighted by molar-refractivity contribution is 5.93. The highest BCUT2D eigenvalue weighted by Gasteiger charge is 2.16. The van der Waals surface area contributed by atoms with Crippen LogP contribution in [0.25, 0.3) is 11.3 Å². The fourth-order valence-corrected chi connectivity index (χ4v) is 3.12. The molecule has 0 saturated heterocycles. The van der Waals surface area contributed by atoms with Crippen molar-refractivity contribution in [2.75, 3.05) is 0 Å². The first-order chi connectivity index (χ1) is 12.9. The number of carbonyl (C=O) groups is 1. The fourth-order valence-electron chi connectivity index (χ4n) is 3.12. The normalized spacial score (nSPS) is 12.0. The molecule has 4 nitrogen and oxygen atoms in total. The third kappa shape index (κ3) is 4.64. The molecule has 0 bridgehead atoms. The predicted molar refractivity (Wildman–Crippen MR) is 110 cm³/mol. The molecular formula is C23H27N3O. The van der Waals surface area contributed by atoms with Crippen molar-refractivity contribution in [2.24, 2.45) is 7.05 Å². The van der Waals surface area contributed by atoms with E-state index >= 15 is 0 Å². The zero-order chi connectivity index (χ0) is 19.4. The van der Waals surface area contributed by atoms with Crippen molar-refractivity contribution in [1.82, 2.24) is 15.1 Å². The minimum atomic E-state index is -0.0827. The second-order valence-corrected chi connectivity index (χ2v) is 7.24. The van der Waals surface area contributed by atoms with Crippen LogP contribution in [0.2, 0.25) is 0 Å². The molecule has 2 aromatic carbocycles. The summed E-state index contributed by atoms with van der Waals surface area (Å²) in [5.41, 5.74) is 6.19. The molecule has 27 heavy (non-hydrogen) atoms. The Morgan fingerprint density at radius 1 is 1.07 bits per heavy atom. The summed E-state index contributed by atoms with van der Waals surface area (Å²) in [5.74, 6) is -0.0827. The van der Waals surface area contributed by atoms with Crippen LogP contribution >= 0.6 is 0 Å². The summed E-state index contributed by atoms with van der Waals surface area (Å²) in [4.78, 5) is 12.7. The first kappa shape index (κ1) is 18.9. The van der Waals surface area contributed by atoms with E-state index in [4.69, 9.17) is 0 Å². The lowest BCUT2D eigenvalue weighted by molar-refractivity contribution is 0.0929. The van der Waals surface area contributed by atoms with Crippen molar-refractivity contribution in [3.05, 3.63) is 77.0 Å². The van der Waals surface area contributed by atoms with Gasteiger partial charge < -0.3 is 5.32 Å².